The number of carbonyl (C=O) groups is 1. The maximum atomic E-state index is 12.4. The van der Waals surface area contributed by atoms with Crippen LogP contribution in [0.25, 0.3) is 6.08 Å². The van der Waals surface area contributed by atoms with E-state index in [1.807, 2.05) is 36.4 Å². The minimum absolute atomic E-state index is 0.0511. The molecule has 0 aliphatic carbocycles. The van der Waals surface area contributed by atoms with E-state index in [9.17, 15) is 4.79 Å². The number of hydrogen-bond acceptors (Lipinski definition) is 5. The number of allylic oxidation sites excluding steroid dienone is 1. The zero-order valence-electron chi connectivity index (χ0n) is 16.3. The summed E-state index contributed by atoms with van der Waals surface area (Å²) in [6.07, 6.45) is 4.32. The SMILES string of the molecule is COc1ccccc1C=CC(=O)c1ccc(OCCCN2CCOCC2)cc1. The molecule has 0 atom stereocenters. The maximum absolute atomic E-state index is 12.4. The second kappa shape index (κ2) is 10.6. The quantitative estimate of drug-likeness (QED) is 0.377. The van der Waals surface area contributed by atoms with Crippen molar-refractivity contribution < 1.29 is 19.0 Å². The van der Waals surface area contributed by atoms with Gasteiger partial charge in [-0.15, -0.1) is 0 Å². The summed E-state index contributed by atoms with van der Waals surface area (Å²) in [7, 11) is 1.62. The number of hydrogen-bond donors (Lipinski definition) is 0. The van der Waals surface area contributed by atoms with E-state index in [0.717, 1.165) is 56.3 Å². The molecule has 1 fully saturated rings. The lowest BCUT2D eigenvalue weighted by Crippen LogP contribution is -2.37. The van der Waals surface area contributed by atoms with Gasteiger partial charge in [-0.25, -0.2) is 0 Å². The molecule has 1 aliphatic heterocycles. The zero-order valence-corrected chi connectivity index (χ0v) is 16.3. The van der Waals surface area contributed by atoms with Crippen molar-refractivity contribution in [3.05, 3.63) is 65.7 Å². The van der Waals surface area contributed by atoms with Gasteiger partial charge in [0, 0.05) is 30.8 Å². The summed E-state index contributed by atoms with van der Waals surface area (Å²) in [5, 5.41) is 0. The fraction of sp³-hybridized carbons (Fsp3) is 0.348. The Morgan fingerprint density at radius 3 is 2.61 bits per heavy atom. The van der Waals surface area contributed by atoms with Crippen LogP contribution in [0.15, 0.2) is 54.6 Å². The Balaban J connectivity index is 1.46. The van der Waals surface area contributed by atoms with E-state index in [0.29, 0.717) is 12.2 Å². The number of nitrogens with zero attached hydrogens (tertiary/aromatic N) is 1. The summed E-state index contributed by atoms with van der Waals surface area (Å²) in [6, 6.07) is 14.9. The minimum Gasteiger partial charge on any atom is -0.496 e. The zero-order chi connectivity index (χ0) is 19.6. The van der Waals surface area contributed by atoms with Crippen LogP contribution in [0.3, 0.4) is 0 Å². The summed E-state index contributed by atoms with van der Waals surface area (Å²) in [4.78, 5) is 14.8. The van der Waals surface area contributed by atoms with Crippen LogP contribution in [0.2, 0.25) is 0 Å². The molecule has 2 aromatic rings. The molecule has 5 heteroatoms. The van der Waals surface area contributed by atoms with Gasteiger partial charge in [0.1, 0.15) is 11.5 Å². The van der Waals surface area contributed by atoms with Gasteiger partial charge >= 0.3 is 0 Å². The Morgan fingerprint density at radius 2 is 1.86 bits per heavy atom. The van der Waals surface area contributed by atoms with Crippen LogP contribution < -0.4 is 9.47 Å². The van der Waals surface area contributed by atoms with Crippen molar-refractivity contribution in [2.45, 2.75) is 6.42 Å². The fourth-order valence-electron chi connectivity index (χ4n) is 3.08. The number of benzene rings is 2. The van der Waals surface area contributed by atoms with Gasteiger partial charge in [0.05, 0.1) is 26.9 Å². The number of methoxy groups -OCH3 is 1. The fourth-order valence-corrected chi connectivity index (χ4v) is 3.08. The Morgan fingerprint density at radius 1 is 1.11 bits per heavy atom. The van der Waals surface area contributed by atoms with Crippen LogP contribution in [0.5, 0.6) is 11.5 Å². The molecule has 2 aromatic carbocycles. The Hall–Kier alpha value is -2.63. The molecule has 3 rings (SSSR count). The van der Waals surface area contributed by atoms with Gasteiger partial charge in [-0.05, 0) is 48.9 Å². The number of ketones is 1. The first-order valence-electron chi connectivity index (χ1n) is 9.64. The second-order valence-corrected chi connectivity index (χ2v) is 6.62. The highest BCUT2D eigenvalue weighted by Crippen LogP contribution is 2.19. The highest BCUT2D eigenvalue weighted by Gasteiger charge is 2.09. The van der Waals surface area contributed by atoms with Gasteiger partial charge < -0.3 is 14.2 Å². The molecule has 0 unspecified atom stereocenters. The first-order valence-corrected chi connectivity index (χ1v) is 9.64. The lowest BCUT2D eigenvalue weighted by molar-refractivity contribution is 0.0358. The third kappa shape index (κ3) is 5.94. The Labute approximate surface area is 166 Å². The molecule has 0 saturated carbocycles. The van der Waals surface area contributed by atoms with Crippen molar-refractivity contribution in [2.24, 2.45) is 0 Å². The van der Waals surface area contributed by atoms with Crippen molar-refractivity contribution >= 4 is 11.9 Å². The lowest BCUT2D eigenvalue weighted by Gasteiger charge is -2.26. The first kappa shape index (κ1) is 20.1. The molecule has 1 aliphatic rings. The highest BCUT2D eigenvalue weighted by atomic mass is 16.5. The monoisotopic (exact) mass is 381 g/mol. The number of carbonyl (C=O) groups excluding carboxylic acids is 1. The van der Waals surface area contributed by atoms with Crippen LogP contribution >= 0.6 is 0 Å². The highest BCUT2D eigenvalue weighted by molar-refractivity contribution is 6.07. The average Bonchev–Trinajstić information content (AvgIpc) is 2.76. The van der Waals surface area contributed by atoms with Crippen molar-refractivity contribution in [1.82, 2.24) is 4.90 Å². The molecule has 1 saturated heterocycles. The lowest BCUT2D eigenvalue weighted by atomic mass is 10.1. The molecule has 5 nitrogen and oxygen atoms in total. The van der Waals surface area contributed by atoms with Gasteiger partial charge in [-0.3, -0.25) is 9.69 Å². The molecule has 0 aromatic heterocycles. The van der Waals surface area contributed by atoms with E-state index in [1.165, 1.54) is 0 Å². The minimum atomic E-state index is -0.0511. The third-order valence-corrected chi connectivity index (χ3v) is 4.68. The first-order chi connectivity index (χ1) is 13.8. The van der Waals surface area contributed by atoms with E-state index in [4.69, 9.17) is 14.2 Å². The van der Waals surface area contributed by atoms with E-state index in [-0.39, 0.29) is 5.78 Å². The predicted molar refractivity (Wildman–Crippen MR) is 110 cm³/mol. The molecular weight excluding hydrogens is 354 g/mol. The van der Waals surface area contributed by atoms with Gasteiger partial charge in [0.25, 0.3) is 0 Å². The molecule has 148 valence electrons. The van der Waals surface area contributed by atoms with E-state index in [2.05, 4.69) is 4.90 Å². The molecule has 0 radical (unpaired) electrons. The van der Waals surface area contributed by atoms with Crippen LogP contribution in [-0.2, 0) is 4.74 Å². The summed E-state index contributed by atoms with van der Waals surface area (Å²) in [6.45, 7) is 5.33. The molecule has 0 N–H and O–H groups in total. The van der Waals surface area contributed by atoms with E-state index in [1.54, 1.807) is 31.4 Å². The normalized spacial score (nSPS) is 14.9. The number of rotatable bonds is 9. The summed E-state index contributed by atoms with van der Waals surface area (Å²) >= 11 is 0. The van der Waals surface area contributed by atoms with E-state index >= 15 is 0 Å². The van der Waals surface area contributed by atoms with Crippen LogP contribution in [0, 0.1) is 0 Å². The standard InChI is InChI=1S/C23H27NO4/c1-26-23-6-3-2-5-20(23)9-12-22(25)19-7-10-21(11-8-19)28-16-4-13-24-14-17-27-18-15-24/h2-3,5-12H,4,13-18H2,1H3. The summed E-state index contributed by atoms with van der Waals surface area (Å²) < 4.78 is 16.4. The predicted octanol–water partition coefficient (Wildman–Crippen LogP) is 3.69. The molecule has 1 heterocycles. The number of ether oxygens (including phenoxy) is 3. The molecule has 0 spiro atoms. The largest absolute Gasteiger partial charge is 0.496 e. The molecule has 0 bridgehead atoms. The van der Waals surface area contributed by atoms with Gasteiger partial charge in [0.15, 0.2) is 5.78 Å². The molecule has 28 heavy (non-hydrogen) atoms. The van der Waals surface area contributed by atoms with Gasteiger partial charge in [-0.2, -0.15) is 0 Å². The summed E-state index contributed by atoms with van der Waals surface area (Å²) in [5.41, 5.74) is 1.50. The second-order valence-electron chi connectivity index (χ2n) is 6.62. The molecular formula is C23H27NO4. The summed E-state index contributed by atoms with van der Waals surface area (Å²) in [5.74, 6) is 1.48. The Bertz CT molecular complexity index is 779. The van der Waals surface area contributed by atoms with Crippen molar-refractivity contribution in [1.29, 1.82) is 0 Å². The van der Waals surface area contributed by atoms with Crippen LogP contribution in [0.4, 0.5) is 0 Å². The van der Waals surface area contributed by atoms with Crippen molar-refractivity contribution in [3.8, 4) is 11.5 Å². The van der Waals surface area contributed by atoms with E-state index < -0.39 is 0 Å². The van der Waals surface area contributed by atoms with Gasteiger partial charge in [-0.1, -0.05) is 18.2 Å². The third-order valence-electron chi connectivity index (χ3n) is 4.68. The average molecular weight is 381 g/mol. The molecule has 0 amide bonds. The van der Waals surface area contributed by atoms with Crippen LogP contribution in [0.1, 0.15) is 22.3 Å². The van der Waals surface area contributed by atoms with Gasteiger partial charge in [0.2, 0.25) is 0 Å². The maximum Gasteiger partial charge on any atom is 0.185 e. The van der Waals surface area contributed by atoms with Crippen molar-refractivity contribution in [2.75, 3.05) is 46.6 Å². The number of morpholine rings is 1. The van der Waals surface area contributed by atoms with Crippen molar-refractivity contribution in [3.63, 3.8) is 0 Å². The smallest absolute Gasteiger partial charge is 0.185 e. The Kier molecular flexibility index (Phi) is 7.64. The number of para-hydroxylation sites is 1. The topological polar surface area (TPSA) is 48.0 Å². The van der Waals surface area contributed by atoms with Crippen LogP contribution in [-0.4, -0.2) is 57.2 Å².